The third kappa shape index (κ3) is 1.90. The second kappa shape index (κ2) is 4.44. The van der Waals surface area contributed by atoms with Crippen LogP contribution < -0.4 is 4.74 Å². The first-order valence-electron chi connectivity index (χ1n) is 5.64. The second-order valence-electron chi connectivity index (χ2n) is 3.94. The molecule has 3 aromatic rings. The van der Waals surface area contributed by atoms with Gasteiger partial charge in [0.1, 0.15) is 11.3 Å². The Balaban J connectivity index is 1.91. The molecule has 0 aliphatic carbocycles. The van der Waals surface area contributed by atoms with E-state index >= 15 is 0 Å². The van der Waals surface area contributed by atoms with Gasteiger partial charge in [0.25, 0.3) is 0 Å². The van der Waals surface area contributed by atoms with Gasteiger partial charge in [0.2, 0.25) is 0 Å². The van der Waals surface area contributed by atoms with Crippen molar-refractivity contribution >= 4 is 11.2 Å². The van der Waals surface area contributed by atoms with Crippen LogP contribution in [0.5, 0.6) is 5.75 Å². The maximum absolute atomic E-state index is 5.13. The molecule has 3 rings (SSSR count). The smallest absolute Gasteiger partial charge is 0.178 e. The van der Waals surface area contributed by atoms with E-state index in [2.05, 4.69) is 15.3 Å². The van der Waals surface area contributed by atoms with E-state index in [1.807, 2.05) is 36.4 Å². The quantitative estimate of drug-likeness (QED) is 0.701. The molecule has 0 atom stereocenters. The number of aromatic nitrogens is 4. The molecule has 0 amide bonds. The molecule has 2 aromatic heterocycles. The van der Waals surface area contributed by atoms with Crippen LogP contribution in [0.4, 0.5) is 0 Å². The summed E-state index contributed by atoms with van der Waals surface area (Å²) < 4.78 is 6.92. The van der Waals surface area contributed by atoms with E-state index in [0.717, 1.165) is 22.5 Å². The van der Waals surface area contributed by atoms with Gasteiger partial charge in [-0.3, -0.25) is 0 Å². The highest BCUT2D eigenvalue weighted by Crippen LogP contribution is 2.13. The van der Waals surface area contributed by atoms with Gasteiger partial charge < -0.3 is 4.74 Å². The number of hydrogen-bond acceptors (Lipinski definition) is 4. The van der Waals surface area contributed by atoms with Gasteiger partial charge in [-0.25, -0.2) is 9.67 Å². The Morgan fingerprint density at radius 2 is 2.00 bits per heavy atom. The Bertz CT molecular complexity index is 660. The fourth-order valence-electron chi connectivity index (χ4n) is 1.82. The highest BCUT2D eigenvalue weighted by molar-refractivity contribution is 5.68. The van der Waals surface area contributed by atoms with E-state index in [1.54, 1.807) is 18.0 Å². The first kappa shape index (κ1) is 10.7. The minimum absolute atomic E-state index is 0.650. The predicted octanol–water partition coefficient (Wildman–Crippen LogP) is 1.88. The van der Waals surface area contributed by atoms with Crippen molar-refractivity contribution in [2.45, 2.75) is 6.54 Å². The summed E-state index contributed by atoms with van der Waals surface area (Å²) in [6.45, 7) is 0.650. The Kier molecular flexibility index (Phi) is 2.64. The van der Waals surface area contributed by atoms with E-state index in [4.69, 9.17) is 4.74 Å². The zero-order chi connectivity index (χ0) is 12.4. The van der Waals surface area contributed by atoms with Crippen molar-refractivity contribution in [3.05, 3.63) is 48.2 Å². The fourth-order valence-corrected chi connectivity index (χ4v) is 1.82. The predicted molar refractivity (Wildman–Crippen MR) is 67.4 cm³/mol. The molecule has 18 heavy (non-hydrogen) atoms. The summed E-state index contributed by atoms with van der Waals surface area (Å²) in [5.74, 6) is 0.848. The SMILES string of the molecule is COc1ccc(Cn2nnc3cccnc32)cc1. The molecule has 0 bridgehead atoms. The topological polar surface area (TPSA) is 52.8 Å². The van der Waals surface area contributed by atoms with Crippen LogP contribution in [-0.2, 0) is 6.54 Å². The maximum atomic E-state index is 5.13. The van der Waals surface area contributed by atoms with Gasteiger partial charge in [-0.05, 0) is 29.8 Å². The molecule has 0 saturated carbocycles. The van der Waals surface area contributed by atoms with Gasteiger partial charge in [0.15, 0.2) is 5.65 Å². The minimum atomic E-state index is 0.650. The molecule has 0 fully saturated rings. The number of benzene rings is 1. The average Bonchev–Trinajstić information content (AvgIpc) is 2.83. The summed E-state index contributed by atoms with van der Waals surface area (Å²) in [5.41, 5.74) is 2.74. The van der Waals surface area contributed by atoms with Crippen LogP contribution in [0.3, 0.4) is 0 Å². The summed E-state index contributed by atoms with van der Waals surface area (Å²) in [6.07, 6.45) is 1.75. The van der Waals surface area contributed by atoms with Crippen LogP contribution in [0.25, 0.3) is 11.2 Å². The number of nitrogens with zero attached hydrogens (tertiary/aromatic N) is 4. The van der Waals surface area contributed by atoms with Crippen molar-refractivity contribution in [2.24, 2.45) is 0 Å². The Labute approximate surface area is 104 Å². The number of methoxy groups -OCH3 is 1. The molecular weight excluding hydrogens is 228 g/mol. The van der Waals surface area contributed by atoms with Gasteiger partial charge >= 0.3 is 0 Å². The molecule has 0 N–H and O–H groups in total. The largest absolute Gasteiger partial charge is 0.497 e. The van der Waals surface area contributed by atoms with Crippen molar-refractivity contribution in [3.8, 4) is 5.75 Å². The first-order valence-corrected chi connectivity index (χ1v) is 5.64. The summed E-state index contributed by atoms with van der Waals surface area (Å²) in [6, 6.07) is 11.6. The van der Waals surface area contributed by atoms with Gasteiger partial charge in [-0.2, -0.15) is 0 Å². The Morgan fingerprint density at radius 3 is 2.78 bits per heavy atom. The summed E-state index contributed by atoms with van der Waals surface area (Å²) >= 11 is 0. The third-order valence-electron chi connectivity index (χ3n) is 2.76. The Morgan fingerprint density at radius 1 is 1.17 bits per heavy atom. The molecule has 0 spiro atoms. The molecule has 0 saturated heterocycles. The number of fused-ring (bicyclic) bond motifs is 1. The van der Waals surface area contributed by atoms with E-state index in [-0.39, 0.29) is 0 Å². The van der Waals surface area contributed by atoms with E-state index in [1.165, 1.54) is 0 Å². The first-order chi connectivity index (χ1) is 8.86. The number of ether oxygens (including phenoxy) is 1. The van der Waals surface area contributed by atoms with Crippen LogP contribution in [0.2, 0.25) is 0 Å². The number of rotatable bonds is 3. The highest BCUT2D eigenvalue weighted by atomic mass is 16.5. The van der Waals surface area contributed by atoms with E-state index in [9.17, 15) is 0 Å². The summed E-state index contributed by atoms with van der Waals surface area (Å²) in [5, 5.41) is 8.18. The lowest BCUT2D eigenvalue weighted by Crippen LogP contribution is -2.02. The van der Waals surface area contributed by atoms with Crippen LogP contribution in [0.15, 0.2) is 42.6 Å². The molecule has 1 aromatic carbocycles. The summed E-state index contributed by atoms with van der Waals surface area (Å²) in [7, 11) is 1.66. The highest BCUT2D eigenvalue weighted by Gasteiger charge is 2.05. The van der Waals surface area contributed by atoms with Gasteiger partial charge in [0, 0.05) is 6.20 Å². The monoisotopic (exact) mass is 240 g/mol. The van der Waals surface area contributed by atoms with Crippen LogP contribution in [0, 0.1) is 0 Å². The van der Waals surface area contributed by atoms with Crippen LogP contribution >= 0.6 is 0 Å². The molecule has 0 aliphatic heterocycles. The molecule has 2 heterocycles. The molecule has 90 valence electrons. The second-order valence-corrected chi connectivity index (χ2v) is 3.94. The van der Waals surface area contributed by atoms with Gasteiger partial charge in [0.05, 0.1) is 13.7 Å². The van der Waals surface area contributed by atoms with Crippen molar-refractivity contribution in [1.29, 1.82) is 0 Å². The zero-order valence-electron chi connectivity index (χ0n) is 9.95. The average molecular weight is 240 g/mol. The maximum Gasteiger partial charge on any atom is 0.178 e. The van der Waals surface area contributed by atoms with Crippen molar-refractivity contribution in [3.63, 3.8) is 0 Å². The third-order valence-corrected chi connectivity index (χ3v) is 2.76. The van der Waals surface area contributed by atoms with Crippen molar-refractivity contribution in [2.75, 3.05) is 7.11 Å². The lowest BCUT2D eigenvalue weighted by Gasteiger charge is -2.03. The normalized spacial score (nSPS) is 10.7. The molecule has 0 radical (unpaired) electrons. The standard InChI is InChI=1S/C13H12N4O/c1-18-11-6-4-10(5-7-11)9-17-13-12(15-16-17)3-2-8-14-13/h2-8H,9H2,1H3. The van der Waals surface area contributed by atoms with E-state index in [0.29, 0.717) is 6.54 Å². The Hall–Kier alpha value is -2.43. The molecule has 0 aliphatic rings. The van der Waals surface area contributed by atoms with Crippen LogP contribution in [0.1, 0.15) is 5.56 Å². The van der Waals surface area contributed by atoms with Crippen molar-refractivity contribution < 1.29 is 4.74 Å². The van der Waals surface area contributed by atoms with E-state index < -0.39 is 0 Å². The van der Waals surface area contributed by atoms with Crippen LogP contribution in [-0.4, -0.2) is 27.1 Å². The fraction of sp³-hybridized carbons (Fsp3) is 0.154. The summed E-state index contributed by atoms with van der Waals surface area (Å²) in [4.78, 5) is 4.28. The van der Waals surface area contributed by atoms with Gasteiger partial charge in [-0.15, -0.1) is 5.10 Å². The molecule has 5 heteroatoms. The number of hydrogen-bond donors (Lipinski definition) is 0. The lowest BCUT2D eigenvalue weighted by atomic mass is 10.2. The minimum Gasteiger partial charge on any atom is -0.497 e. The zero-order valence-corrected chi connectivity index (χ0v) is 9.95. The molecule has 0 unspecified atom stereocenters. The van der Waals surface area contributed by atoms with Gasteiger partial charge in [-0.1, -0.05) is 17.3 Å². The molecular formula is C13H12N4O. The molecule has 5 nitrogen and oxygen atoms in total. The van der Waals surface area contributed by atoms with Crippen molar-refractivity contribution in [1.82, 2.24) is 20.0 Å². The number of pyridine rings is 1. The lowest BCUT2D eigenvalue weighted by molar-refractivity contribution is 0.414.